The maximum absolute atomic E-state index is 10.8. The van der Waals surface area contributed by atoms with Crippen LogP contribution < -0.4 is 5.32 Å². The zero-order chi connectivity index (χ0) is 13.7. The van der Waals surface area contributed by atoms with E-state index in [0.29, 0.717) is 18.1 Å². The molecule has 2 aromatic rings. The van der Waals surface area contributed by atoms with Gasteiger partial charge in [-0.25, -0.2) is 4.79 Å². The number of carbonyl (C=O) groups is 1. The summed E-state index contributed by atoms with van der Waals surface area (Å²) in [5, 5.41) is 19.7. The van der Waals surface area contributed by atoms with Crippen LogP contribution in [0.1, 0.15) is 28.3 Å². The molecular formula is C12H16N4O3. The molecule has 0 unspecified atom stereocenters. The molecular weight excluding hydrogens is 248 g/mol. The van der Waals surface area contributed by atoms with Crippen LogP contribution in [0.3, 0.4) is 0 Å². The van der Waals surface area contributed by atoms with Gasteiger partial charge in [0, 0.05) is 12.7 Å². The summed E-state index contributed by atoms with van der Waals surface area (Å²) in [6, 6.07) is 1.56. The van der Waals surface area contributed by atoms with Gasteiger partial charge < -0.3 is 14.8 Å². The molecule has 0 amide bonds. The second-order valence-corrected chi connectivity index (χ2v) is 4.18. The second-order valence-electron chi connectivity index (χ2n) is 4.18. The van der Waals surface area contributed by atoms with E-state index in [-0.39, 0.29) is 5.56 Å². The number of aromatic nitrogens is 3. The van der Waals surface area contributed by atoms with Crippen molar-refractivity contribution in [2.24, 2.45) is 0 Å². The molecule has 2 rings (SSSR count). The van der Waals surface area contributed by atoms with Crippen LogP contribution in [-0.4, -0.2) is 32.6 Å². The van der Waals surface area contributed by atoms with E-state index >= 15 is 0 Å². The van der Waals surface area contributed by atoms with Crippen molar-refractivity contribution in [1.82, 2.24) is 20.3 Å². The fourth-order valence-corrected chi connectivity index (χ4v) is 1.77. The van der Waals surface area contributed by atoms with E-state index in [1.807, 2.05) is 6.20 Å². The predicted molar refractivity (Wildman–Crippen MR) is 66.8 cm³/mol. The summed E-state index contributed by atoms with van der Waals surface area (Å²) in [5.74, 6) is 0.112. The first kappa shape index (κ1) is 13.3. The lowest BCUT2D eigenvalue weighted by atomic mass is 10.2. The maximum Gasteiger partial charge on any atom is 0.339 e. The summed E-state index contributed by atoms with van der Waals surface area (Å²) >= 11 is 0. The molecule has 0 fully saturated rings. The number of carboxylic acids is 1. The van der Waals surface area contributed by atoms with Crippen molar-refractivity contribution < 1.29 is 14.3 Å². The monoisotopic (exact) mass is 264 g/mol. The molecule has 0 bridgehead atoms. The second kappa shape index (κ2) is 6.14. The van der Waals surface area contributed by atoms with Gasteiger partial charge >= 0.3 is 5.97 Å². The lowest BCUT2D eigenvalue weighted by molar-refractivity contribution is 0.0695. The normalized spacial score (nSPS) is 10.8. The molecule has 0 atom stereocenters. The summed E-state index contributed by atoms with van der Waals surface area (Å²) in [6.45, 7) is 3.76. The minimum Gasteiger partial charge on any atom is -0.478 e. The van der Waals surface area contributed by atoms with Gasteiger partial charge in [-0.15, -0.1) is 5.10 Å². The quantitative estimate of drug-likeness (QED) is 0.726. The number of furan rings is 1. The molecule has 0 saturated carbocycles. The van der Waals surface area contributed by atoms with Crippen LogP contribution in [-0.2, 0) is 13.1 Å². The molecule has 0 aromatic carbocycles. The predicted octanol–water partition coefficient (Wildman–Crippen LogP) is 1.06. The summed E-state index contributed by atoms with van der Waals surface area (Å²) in [4.78, 5) is 10.8. The van der Waals surface area contributed by atoms with Crippen molar-refractivity contribution in [3.05, 3.63) is 35.5 Å². The Kier molecular flexibility index (Phi) is 4.30. The summed E-state index contributed by atoms with van der Waals surface area (Å²) < 4.78 is 7.12. The van der Waals surface area contributed by atoms with Crippen LogP contribution in [0, 0.1) is 6.92 Å². The number of hydrogen-bond donors (Lipinski definition) is 2. The molecule has 19 heavy (non-hydrogen) atoms. The molecule has 2 aromatic heterocycles. The Labute approximate surface area is 110 Å². The van der Waals surface area contributed by atoms with E-state index in [9.17, 15) is 4.79 Å². The smallest absolute Gasteiger partial charge is 0.339 e. The summed E-state index contributed by atoms with van der Waals surface area (Å²) in [6.07, 6.45) is 4.37. The zero-order valence-electron chi connectivity index (χ0n) is 10.7. The third kappa shape index (κ3) is 3.65. The van der Waals surface area contributed by atoms with Crippen LogP contribution in [0.5, 0.6) is 0 Å². The van der Waals surface area contributed by atoms with E-state index in [2.05, 4.69) is 15.6 Å². The Hall–Kier alpha value is -2.15. The van der Waals surface area contributed by atoms with Crippen LogP contribution in [0.2, 0.25) is 0 Å². The van der Waals surface area contributed by atoms with Gasteiger partial charge in [-0.05, 0) is 26.0 Å². The van der Waals surface area contributed by atoms with Crippen molar-refractivity contribution in [2.75, 3.05) is 6.54 Å². The fourth-order valence-electron chi connectivity index (χ4n) is 1.77. The highest BCUT2D eigenvalue weighted by Gasteiger charge is 2.12. The van der Waals surface area contributed by atoms with Gasteiger partial charge in [0.1, 0.15) is 17.1 Å². The van der Waals surface area contributed by atoms with Crippen LogP contribution >= 0.6 is 0 Å². The molecule has 0 saturated heterocycles. The molecule has 0 radical (unpaired) electrons. The van der Waals surface area contributed by atoms with Crippen LogP contribution in [0.15, 0.2) is 22.9 Å². The number of aryl methyl sites for hydroxylation is 2. The molecule has 0 spiro atoms. The van der Waals surface area contributed by atoms with Crippen molar-refractivity contribution >= 4 is 5.97 Å². The Balaban J connectivity index is 1.71. The first-order valence-electron chi connectivity index (χ1n) is 6.04. The molecule has 102 valence electrons. The molecule has 7 heteroatoms. The van der Waals surface area contributed by atoms with E-state index < -0.39 is 5.97 Å². The minimum absolute atomic E-state index is 0.222. The number of rotatable bonds is 7. The lowest BCUT2D eigenvalue weighted by Gasteiger charge is -2.02. The van der Waals surface area contributed by atoms with Gasteiger partial charge in [-0.2, -0.15) is 0 Å². The van der Waals surface area contributed by atoms with Gasteiger partial charge in [0.25, 0.3) is 0 Å². The maximum atomic E-state index is 10.8. The molecule has 0 aliphatic rings. The molecule has 0 aliphatic heterocycles. The highest BCUT2D eigenvalue weighted by atomic mass is 16.4. The number of aromatic carboxylic acids is 1. The molecule has 2 N–H and O–H groups in total. The Bertz CT molecular complexity index is 533. The van der Waals surface area contributed by atoms with Crippen LogP contribution in [0.4, 0.5) is 0 Å². The molecule has 7 nitrogen and oxygen atoms in total. The topological polar surface area (TPSA) is 93.2 Å². The first-order valence-corrected chi connectivity index (χ1v) is 6.04. The molecule has 0 aliphatic carbocycles. The van der Waals surface area contributed by atoms with Gasteiger partial charge in [0.05, 0.1) is 12.7 Å². The third-order valence-corrected chi connectivity index (χ3v) is 2.71. The molecule has 2 heterocycles. The van der Waals surface area contributed by atoms with Crippen molar-refractivity contribution in [1.29, 1.82) is 0 Å². The number of hydrogen-bond acceptors (Lipinski definition) is 5. The Morgan fingerprint density at radius 1 is 1.58 bits per heavy atom. The summed E-state index contributed by atoms with van der Waals surface area (Å²) in [7, 11) is 0. The van der Waals surface area contributed by atoms with Crippen LogP contribution in [0.25, 0.3) is 0 Å². The van der Waals surface area contributed by atoms with E-state index in [0.717, 1.165) is 19.5 Å². The third-order valence-electron chi connectivity index (χ3n) is 2.71. The number of carboxylic acid groups (broad SMARTS) is 1. The highest BCUT2D eigenvalue weighted by Crippen LogP contribution is 2.14. The minimum atomic E-state index is -0.960. The number of nitrogens with zero attached hydrogens (tertiary/aromatic N) is 3. The van der Waals surface area contributed by atoms with E-state index in [1.165, 1.54) is 0 Å². The Morgan fingerprint density at radius 2 is 2.42 bits per heavy atom. The van der Waals surface area contributed by atoms with Gasteiger partial charge in [-0.1, -0.05) is 5.21 Å². The van der Waals surface area contributed by atoms with Crippen molar-refractivity contribution in [3.8, 4) is 0 Å². The largest absolute Gasteiger partial charge is 0.478 e. The van der Waals surface area contributed by atoms with Gasteiger partial charge in [-0.3, -0.25) is 4.68 Å². The van der Waals surface area contributed by atoms with Gasteiger partial charge in [0.15, 0.2) is 0 Å². The summed E-state index contributed by atoms with van der Waals surface area (Å²) in [5.41, 5.74) is 0.222. The Morgan fingerprint density at radius 3 is 3.05 bits per heavy atom. The van der Waals surface area contributed by atoms with Crippen molar-refractivity contribution in [2.45, 2.75) is 26.4 Å². The van der Waals surface area contributed by atoms with E-state index in [4.69, 9.17) is 9.52 Å². The SMILES string of the molecule is Cc1oc(CNCCCn2ccnn2)cc1C(=O)O. The average Bonchev–Trinajstić information content (AvgIpc) is 2.98. The lowest BCUT2D eigenvalue weighted by Crippen LogP contribution is -2.16. The van der Waals surface area contributed by atoms with E-state index in [1.54, 1.807) is 23.9 Å². The van der Waals surface area contributed by atoms with Gasteiger partial charge in [0.2, 0.25) is 0 Å². The highest BCUT2D eigenvalue weighted by molar-refractivity contribution is 5.88. The zero-order valence-corrected chi connectivity index (χ0v) is 10.7. The van der Waals surface area contributed by atoms with Crippen molar-refractivity contribution in [3.63, 3.8) is 0 Å². The number of nitrogens with one attached hydrogen (secondary N) is 1. The average molecular weight is 264 g/mol. The standard InChI is InChI=1S/C12H16N4O3/c1-9-11(12(17)18)7-10(19-9)8-13-3-2-5-16-6-4-14-15-16/h4,6-7,13H,2-3,5,8H2,1H3,(H,17,18). The first-order chi connectivity index (χ1) is 9.16. The fraction of sp³-hybridized carbons (Fsp3) is 0.417.